The van der Waals surface area contributed by atoms with Gasteiger partial charge in [-0.2, -0.15) is 13.2 Å². The maximum atomic E-state index is 12.6. The molecule has 1 aromatic carbocycles. The molecule has 3 fully saturated rings. The van der Waals surface area contributed by atoms with Crippen LogP contribution in [0.5, 0.6) is 0 Å². The van der Waals surface area contributed by atoms with Crippen LogP contribution in [0.1, 0.15) is 22.5 Å². The van der Waals surface area contributed by atoms with E-state index >= 15 is 0 Å². The zero-order valence-corrected chi connectivity index (χ0v) is 17.5. The Balaban J connectivity index is 1.33. The maximum Gasteiger partial charge on any atom is 0.471 e. The molecule has 2 aromatic rings. The number of piperidine rings is 3. The summed E-state index contributed by atoms with van der Waals surface area (Å²) in [7, 11) is 0. The highest BCUT2D eigenvalue weighted by Gasteiger charge is 2.38. The summed E-state index contributed by atoms with van der Waals surface area (Å²) < 4.78 is 37.8. The lowest BCUT2D eigenvalue weighted by Crippen LogP contribution is -2.57. The Morgan fingerprint density at radius 1 is 1.07 bits per heavy atom. The van der Waals surface area contributed by atoms with E-state index in [1.54, 1.807) is 18.2 Å². The second-order valence-corrected chi connectivity index (χ2v) is 9.87. The van der Waals surface area contributed by atoms with Gasteiger partial charge in [0.1, 0.15) is 0 Å². The number of halogens is 3. The molecule has 1 unspecified atom stereocenters. The first-order valence-electron chi connectivity index (χ1n) is 9.57. The van der Waals surface area contributed by atoms with E-state index < -0.39 is 12.1 Å². The van der Waals surface area contributed by atoms with Gasteiger partial charge in [0.05, 0.1) is 9.09 Å². The van der Waals surface area contributed by atoms with Crippen LogP contribution in [-0.4, -0.2) is 48.6 Å². The van der Waals surface area contributed by atoms with Crippen molar-refractivity contribution < 1.29 is 22.8 Å². The van der Waals surface area contributed by atoms with Crippen molar-refractivity contribution in [3.05, 3.63) is 41.3 Å². The minimum Gasteiger partial charge on any atom is -0.347 e. The Morgan fingerprint density at radius 2 is 1.77 bits per heavy atom. The number of hydrogen-bond acceptors (Lipinski definition) is 5. The second-order valence-electron chi connectivity index (χ2n) is 7.41. The molecule has 5 nitrogen and oxygen atoms in total. The first kappa shape index (κ1) is 21.2. The normalized spacial score (nSPS) is 23.2. The smallest absolute Gasteiger partial charge is 0.347 e. The van der Waals surface area contributed by atoms with Crippen molar-refractivity contribution in [3.63, 3.8) is 0 Å². The van der Waals surface area contributed by atoms with E-state index in [1.165, 1.54) is 35.2 Å². The first-order chi connectivity index (χ1) is 14.3. The van der Waals surface area contributed by atoms with E-state index in [4.69, 9.17) is 0 Å². The zero-order valence-electron chi connectivity index (χ0n) is 15.9. The highest BCUT2D eigenvalue weighted by molar-refractivity contribution is 8.01. The van der Waals surface area contributed by atoms with Gasteiger partial charge in [-0.3, -0.25) is 9.59 Å². The highest BCUT2D eigenvalue weighted by Crippen LogP contribution is 2.34. The molecular formula is C20H20F3N3O2S2. The van der Waals surface area contributed by atoms with Crippen molar-refractivity contribution in [2.45, 2.75) is 34.2 Å². The molecule has 0 radical (unpaired) electrons. The van der Waals surface area contributed by atoms with Gasteiger partial charge in [-0.1, -0.05) is 11.8 Å². The molecule has 0 saturated carbocycles. The molecule has 3 saturated heterocycles. The van der Waals surface area contributed by atoms with Crippen molar-refractivity contribution in [1.82, 2.24) is 10.2 Å². The van der Waals surface area contributed by atoms with E-state index in [0.29, 0.717) is 10.8 Å². The molecule has 3 aliphatic rings. The van der Waals surface area contributed by atoms with E-state index in [2.05, 4.69) is 10.2 Å². The van der Waals surface area contributed by atoms with Crippen LogP contribution < -0.4 is 10.6 Å². The Kier molecular flexibility index (Phi) is 6.08. The largest absolute Gasteiger partial charge is 0.471 e. The van der Waals surface area contributed by atoms with Crippen LogP contribution in [-0.2, 0) is 4.79 Å². The van der Waals surface area contributed by atoms with Crippen molar-refractivity contribution in [2.24, 2.45) is 5.92 Å². The van der Waals surface area contributed by atoms with E-state index in [-0.39, 0.29) is 17.6 Å². The van der Waals surface area contributed by atoms with Gasteiger partial charge in [0, 0.05) is 23.2 Å². The summed E-state index contributed by atoms with van der Waals surface area (Å²) in [5, 5.41) is 4.99. The van der Waals surface area contributed by atoms with Crippen LogP contribution in [0.4, 0.5) is 18.9 Å². The molecule has 2 amide bonds. The second kappa shape index (κ2) is 8.60. The topological polar surface area (TPSA) is 61.4 Å². The van der Waals surface area contributed by atoms with Gasteiger partial charge in [0.15, 0.2) is 0 Å². The molecule has 1 aromatic heterocycles. The van der Waals surface area contributed by atoms with Crippen LogP contribution in [0.2, 0.25) is 0 Å². The monoisotopic (exact) mass is 455 g/mol. The number of benzene rings is 1. The van der Waals surface area contributed by atoms with Crippen molar-refractivity contribution in [3.8, 4) is 0 Å². The van der Waals surface area contributed by atoms with Gasteiger partial charge in [-0.25, -0.2) is 0 Å². The maximum absolute atomic E-state index is 12.6. The van der Waals surface area contributed by atoms with Gasteiger partial charge in [0.2, 0.25) is 0 Å². The van der Waals surface area contributed by atoms with Crippen LogP contribution in [0.3, 0.4) is 0 Å². The van der Waals surface area contributed by atoms with Crippen LogP contribution in [0, 0.1) is 5.92 Å². The molecule has 0 spiro atoms. The van der Waals surface area contributed by atoms with E-state index in [9.17, 15) is 22.8 Å². The number of carbonyl (C=O) groups excluding carboxylic acids is 2. The summed E-state index contributed by atoms with van der Waals surface area (Å²) in [6, 6.07) is 9.95. The fourth-order valence-corrected chi connectivity index (χ4v) is 5.80. The lowest BCUT2D eigenvalue weighted by molar-refractivity contribution is -0.167. The number of carbonyl (C=O) groups is 2. The number of anilines is 1. The Hall–Kier alpha value is -2.04. The van der Waals surface area contributed by atoms with E-state index in [1.807, 2.05) is 11.4 Å². The number of rotatable bonds is 5. The number of nitrogens with zero attached hydrogens (tertiary/aromatic N) is 1. The van der Waals surface area contributed by atoms with Crippen molar-refractivity contribution in [2.75, 3.05) is 25.0 Å². The average Bonchev–Trinajstić information content (AvgIpc) is 3.18. The van der Waals surface area contributed by atoms with Gasteiger partial charge in [-0.15, -0.1) is 11.3 Å². The lowest BCUT2D eigenvalue weighted by atomic mass is 9.84. The van der Waals surface area contributed by atoms with Crippen LogP contribution >= 0.6 is 23.1 Å². The summed E-state index contributed by atoms with van der Waals surface area (Å²) in [6.07, 6.45) is -2.65. The molecule has 30 heavy (non-hydrogen) atoms. The minimum absolute atomic E-state index is 0.0594. The van der Waals surface area contributed by atoms with E-state index in [0.717, 1.165) is 41.6 Å². The SMILES string of the molecule is O=C(NC1CN2CCC1CC2)c1ccc(Sc2ccc(NC(=O)C(F)(F)F)cc2)s1. The molecule has 2 bridgehead atoms. The van der Waals surface area contributed by atoms with Crippen LogP contribution in [0.15, 0.2) is 45.5 Å². The number of fused-ring (bicyclic) bond motifs is 3. The molecule has 4 heterocycles. The fraction of sp³-hybridized carbons (Fsp3) is 0.400. The van der Waals surface area contributed by atoms with Crippen molar-refractivity contribution >= 4 is 40.6 Å². The molecule has 10 heteroatoms. The number of hydrogen-bond donors (Lipinski definition) is 2. The summed E-state index contributed by atoms with van der Waals surface area (Å²) in [4.78, 5) is 27.4. The molecule has 5 rings (SSSR count). The average molecular weight is 456 g/mol. The minimum atomic E-state index is -4.92. The molecule has 0 aliphatic carbocycles. The number of amides is 2. The molecule has 2 N–H and O–H groups in total. The number of alkyl halides is 3. The molecule has 1 atom stereocenters. The van der Waals surface area contributed by atoms with Gasteiger partial charge >= 0.3 is 12.1 Å². The molecular weight excluding hydrogens is 435 g/mol. The highest BCUT2D eigenvalue weighted by atomic mass is 32.2. The quantitative estimate of drug-likeness (QED) is 0.709. The molecule has 160 valence electrons. The summed E-state index contributed by atoms with van der Waals surface area (Å²) in [6.45, 7) is 3.16. The summed E-state index contributed by atoms with van der Waals surface area (Å²) in [5.41, 5.74) is 0.0745. The van der Waals surface area contributed by atoms with Gasteiger partial charge < -0.3 is 15.5 Å². The Bertz CT molecular complexity index is 922. The Labute approximate surface area is 180 Å². The number of thiophene rings is 1. The lowest BCUT2D eigenvalue weighted by Gasteiger charge is -2.44. The fourth-order valence-electron chi connectivity index (χ4n) is 3.79. The Morgan fingerprint density at radius 3 is 2.37 bits per heavy atom. The third kappa shape index (κ3) is 4.98. The molecule has 3 aliphatic heterocycles. The summed E-state index contributed by atoms with van der Waals surface area (Å²) >= 11 is 2.79. The van der Waals surface area contributed by atoms with Gasteiger partial charge in [-0.05, 0) is 68.2 Å². The predicted molar refractivity (Wildman–Crippen MR) is 110 cm³/mol. The third-order valence-corrected chi connectivity index (χ3v) is 7.59. The van der Waals surface area contributed by atoms with Gasteiger partial charge in [0.25, 0.3) is 5.91 Å². The van der Waals surface area contributed by atoms with Crippen LogP contribution in [0.25, 0.3) is 0 Å². The zero-order chi connectivity index (χ0) is 21.3. The number of nitrogens with one attached hydrogen (secondary N) is 2. The third-order valence-electron chi connectivity index (χ3n) is 5.37. The summed E-state index contributed by atoms with van der Waals surface area (Å²) in [5.74, 6) is -1.50. The predicted octanol–water partition coefficient (Wildman–Crippen LogP) is 4.22. The standard InChI is InChI=1S/C20H20F3N3O2S2/c21-20(22,23)19(28)24-13-1-3-14(4-2-13)29-17-6-5-16(30-17)18(27)25-15-11-26-9-7-12(15)8-10-26/h1-6,12,15H,7-11H2,(H,24,28)(H,25,27). The van der Waals surface area contributed by atoms with Crippen molar-refractivity contribution in [1.29, 1.82) is 0 Å². The first-order valence-corrected chi connectivity index (χ1v) is 11.2.